The normalized spacial score (nSPS) is 11.5. The van der Waals surface area contributed by atoms with E-state index in [1.54, 1.807) is 24.3 Å². The molecule has 0 aliphatic heterocycles. The molecule has 0 amide bonds. The van der Waals surface area contributed by atoms with E-state index in [4.69, 9.17) is 4.74 Å². The second-order valence-corrected chi connectivity index (χ2v) is 9.36. The zero-order chi connectivity index (χ0) is 23.0. The third-order valence-corrected chi connectivity index (χ3v) is 7.30. The molecule has 0 atom stereocenters. The number of aryl methyl sites for hydroxylation is 2. The van der Waals surface area contributed by atoms with Crippen molar-refractivity contribution in [3.63, 3.8) is 0 Å². The number of benzene rings is 3. The Labute approximate surface area is 185 Å². The number of aromatic nitrogens is 1. The molecule has 7 heteroatoms. The van der Waals surface area contributed by atoms with Gasteiger partial charge in [-0.15, -0.1) is 0 Å². The standard InChI is InChI=1S/C25H20FNO4S/c1-15-4-5-17(12-16(15)2)24(28)22-14-27-23-11-8-19(31-3)13-21(23)25(22)32(29,30)20-9-6-18(26)7-10-20/h4-14H,1-3H3. The predicted octanol–water partition coefficient (Wildman–Crippen LogP) is 5.06. The van der Waals surface area contributed by atoms with Gasteiger partial charge in [0, 0.05) is 17.1 Å². The fourth-order valence-electron chi connectivity index (χ4n) is 3.50. The first kappa shape index (κ1) is 21.6. The van der Waals surface area contributed by atoms with Crippen molar-refractivity contribution in [2.45, 2.75) is 23.6 Å². The molecule has 0 aliphatic carbocycles. The molecule has 162 valence electrons. The number of ether oxygens (including phenoxy) is 1. The molecule has 0 spiro atoms. The fraction of sp³-hybridized carbons (Fsp3) is 0.120. The minimum Gasteiger partial charge on any atom is -0.497 e. The average Bonchev–Trinajstić information content (AvgIpc) is 2.79. The molecular formula is C25H20FNO4S. The summed E-state index contributed by atoms with van der Waals surface area (Å²) in [6.45, 7) is 3.81. The van der Waals surface area contributed by atoms with Crippen molar-refractivity contribution in [3.05, 3.63) is 94.9 Å². The first-order valence-electron chi connectivity index (χ1n) is 9.81. The highest BCUT2D eigenvalue weighted by Crippen LogP contribution is 2.34. The maximum Gasteiger partial charge on any atom is 0.208 e. The van der Waals surface area contributed by atoms with Gasteiger partial charge in [-0.25, -0.2) is 12.8 Å². The lowest BCUT2D eigenvalue weighted by Crippen LogP contribution is -2.13. The van der Waals surface area contributed by atoms with Crippen LogP contribution in [0.4, 0.5) is 4.39 Å². The number of nitrogens with zero attached hydrogens (tertiary/aromatic N) is 1. The predicted molar refractivity (Wildman–Crippen MR) is 119 cm³/mol. The minimum atomic E-state index is -4.19. The highest BCUT2D eigenvalue weighted by molar-refractivity contribution is 7.91. The summed E-state index contributed by atoms with van der Waals surface area (Å²) in [5.41, 5.74) is 2.62. The number of carbonyl (C=O) groups excluding carboxylic acids is 1. The van der Waals surface area contributed by atoms with Crippen molar-refractivity contribution < 1.29 is 22.3 Å². The topological polar surface area (TPSA) is 73.3 Å². The Balaban J connectivity index is 2.04. The van der Waals surface area contributed by atoms with E-state index >= 15 is 0 Å². The summed E-state index contributed by atoms with van der Waals surface area (Å²) < 4.78 is 46.1. The quantitative estimate of drug-likeness (QED) is 0.314. The van der Waals surface area contributed by atoms with Gasteiger partial charge in [0.05, 0.1) is 28.0 Å². The summed E-state index contributed by atoms with van der Waals surface area (Å²) in [6.07, 6.45) is 1.28. The molecule has 4 aromatic rings. The molecule has 4 rings (SSSR count). The number of halogens is 1. The molecule has 0 N–H and O–H groups in total. The monoisotopic (exact) mass is 449 g/mol. The summed E-state index contributed by atoms with van der Waals surface area (Å²) in [6, 6.07) is 14.5. The van der Waals surface area contributed by atoms with E-state index in [0.29, 0.717) is 16.8 Å². The lowest BCUT2D eigenvalue weighted by atomic mass is 9.99. The first-order chi connectivity index (χ1) is 15.2. The van der Waals surface area contributed by atoms with E-state index in [1.807, 2.05) is 19.9 Å². The molecule has 5 nitrogen and oxygen atoms in total. The Hall–Kier alpha value is -3.58. The number of hydrogen-bond donors (Lipinski definition) is 0. The number of ketones is 1. The molecule has 0 saturated heterocycles. The highest BCUT2D eigenvalue weighted by atomic mass is 32.2. The van der Waals surface area contributed by atoms with E-state index in [2.05, 4.69) is 4.98 Å². The SMILES string of the molecule is COc1ccc2ncc(C(=O)c3ccc(C)c(C)c3)c(S(=O)(=O)c3ccc(F)cc3)c2c1. The second kappa shape index (κ2) is 8.16. The molecule has 1 aromatic heterocycles. The number of fused-ring (bicyclic) bond motifs is 1. The number of pyridine rings is 1. The summed E-state index contributed by atoms with van der Waals surface area (Å²) in [7, 11) is -2.73. The lowest BCUT2D eigenvalue weighted by Gasteiger charge is -2.14. The van der Waals surface area contributed by atoms with Gasteiger partial charge >= 0.3 is 0 Å². The van der Waals surface area contributed by atoms with Gasteiger partial charge in [0.1, 0.15) is 11.6 Å². The molecule has 1 heterocycles. The van der Waals surface area contributed by atoms with Crippen LogP contribution in [-0.2, 0) is 9.84 Å². The molecule has 3 aromatic carbocycles. The van der Waals surface area contributed by atoms with E-state index in [-0.39, 0.29) is 20.7 Å². The summed E-state index contributed by atoms with van der Waals surface area (Å²) in [5, 5.41) is 0.253. The number of sulfone groups is 1. The van der Waals surface area contributed by atoms with E-state index in [9.17, 15) is 17.6 Å². The van der Waals surface area contributed by atoms with Crippen LogP contribution in [0.15, 0.2) is 76.7 Å². The zero-order valence-corrected chi connectivity index (χ0v) is 18.5. The number of methoxy groups -OCH3 is 1. The highest BCUT2D eigenvalue weighted by Gasteiger charge is 2.29. The van der Waals surface area contributed by atoms with Crippen LogP contribution in [0.3, 0.4) is 0 Å². The maximum atomic E-state index is 13.7. The summed E-state index contributed by atoms with van der Waals surface area (Å²) >= 11 is 0. The summed E-state index contributed by atoms with van der Waals surface area (Å²) in [4.78, 5) is 17.5. The van der Waals surface area contributed by atoms with Crippen LogP contribution in [0.1, 0.15) is 27.0 Å². The molecule has 0 unspecified atom stereocenters. The van der Waals surface area contributed by atoms with Crippen LogP contribution in [0, 0.1) is 19.7 Å². The number of carbonyl (C=O) groups is 1. The van der Waals surface area contributed by atoms with E-state index in [1.165, 1.54) is 31.5 Å². The van der Waals surface area contributed by atoms with Crippen LogP contribution in [-0.4, -0.2) is 26.3 Å². The zero-order valence-electron chi connectivity index (χ0n) is 17.7. The van der Waals surface area contributed by atoms with Gasteiger partial charge in [-0.2, -0.15) is 0 Å². The fourth-order valence-corrected chi connectivity index (χ4v) is 5.11. The van der Waals surface area contributed by atoms with Crippen molar-refractivity contribution in [2.24, 2.45) is 0 Å². The lowest BCUT2D eigenvalue weighted by molar-refractivity contribution is 0.103. The van der Waals surface area contributed by atoms with Gasteiger partial charge in [-0.05, 0) is 73.5 Å². The van der Waals surface area contributed by atoms with Crippen LogP contribution in [0.25, 0.3) is 10.9 Å². The van der Waals surface area contributed by atoms with Crippen LogP contribution < -0.4 is 4.74 Å². The third-order valence-electron chi connectivity index (χ3n) is 5.43. The number of hydrogen-bond acceptors (Lipinski definition) is 5. The first-order valence-corrected chi connectivity index (χ1v) is 11.3. The van der Waals surface area contributed by atoms with Crippen molar-refractivity contribution in [1.29, 1.82) is 0 Å². The largest absolute Gasteiger partial charge is 0.497 e. The second-order valence-electron chi connectivity index (χ2n) is 7.47. The van der Waals surface area contributed by atoms with Crippen molar-refractivity contribution in [3.8, 4) is 5.75 Å². The van der Waals surface area contributed by atoms with Gasteiger partial charge in [0.15, 0.2) is 5.78 Å². The van der Waals surface area contributed by atoms with Gasteiger partial charge in [0.25, 0.3) is 0 Å². The van der Waals surface area contributed by atoms with Gasteiger partial charge in [-0.1, -0.05) is 12.1 Å². The van der Waals surface area contributed by atoms with E-state index < -0.39 is 21.4 Å². The molecule has 0 aliphatic rings. The Morgan fingerprint density at radius 3 is 2.31 bits per heavy atom. The van der Waals surface area contributed by atoms with Crippen LogP contribution in [0.2, 0.25) is 0 Å². The van der Waals surface area contributed by atoms with Gasteiger partial charge in [0.2, 0.25) is 9.84 Å². The minimum absolute atomic E-state index is 0.0571. The number of rotatable bonds is 5. The Bertz CT molecular complexity index is 1460. The molecule has 0 bridgehead atoms. The van der Waals surface area contributed by atoms with Crippen molar-refractivity contribution in [2.75, 3.05) is 7.11 Å². The van der Waals surface area contributed by atoms with Crippen molar-refractivity contribution in [1.82, 2.24) is 4.98 Å². The molecule has 0 saturated carbocycles. The summed E-state index contributed by atoms with van der Waals surface area (Å²) in [5.74, 6) is -0.603. The maximum absolute atomic E-state index is 13.7. The molecule has 0 radical (unpaired) electrons. The third kappa shape index (κ3) is 3.76. The smallest absolute Gasteiger partial charge is 0.208 e. The van der Waals surface area contributed by atoms with Crippen LogP contribution in [0.5, 0.6) is 5.75 Å². The Morgan fingerprint density at radius 1 is 0.938 bits per heavy atom. The molecule has 0 fully saturated rings. The van der Waals surface area contributed by atoms with Gasteiger partial charge in [-0.3, -0.25) is 9.78 Å². The van der Waals surface area contributed by atoms with Crippen LogP contribution >= 0.6 is 0 Å². The Morgan fingerprint density at radius 2 is 1.66 bits per heavy atom. The van der Waals surface area contributed by atoms with Crippen molar-refractivity contribution >= 4 is 26.5 Å². The van der Waals surface area contributed by atoms with Gasteiger partial charge < -0.3 is 4.74 Å². The molecule has 32 heavy (non-hydrogen) atoms. The molecular weight excluding hydrogens is 429 g/mol. The average molecular weight is 450 g/mol. The van der Waals surface area contributed by atoms with E-state index in [0.717, 1.165) is 23.3 Å². The Kier molecular flexibility index (Phi) is 5.52.